The van der Waals surface area contributed by atoms with Crippen LogP contribution in [0.2, 0.25) is 0 Å². The number of rotatable bonds is 3. The van der Waals surface area contributed by atoms with Crippen molar-refractivity contribution >= 4 is 37.4 Å². The lowest BCUT2D eigenvalue weighted by molar-refractivity contribution is 0.611. The SMILES string of the molecule is NNC(c1ccc(F)c(Br)c1)c1cccc2ccsc12. The number of halogens is 2. The molecule has 3 N–H and O–H groups in total. The van der Waals surface area contributed by atoms with E-state index in [9.17, 15) is 4.39 Å². The van der Waals surface area contributed by atoms with E-state index in [1.807, 2.05) is 12.1 Å². The van der Waals surface area contributed by atoms with Crippen LogP contribution in [0.5, 0.6) is 0 Å². The molecule has 0 aliphatic heterocycles. The van der Waals surface area contributed by atoms with Crippen LogP contribution in [0.25, 0.3) is 10.1 Å². The van der Waals surface area contributed by atoms with Gasteiger partial charge in [0.2, 0.25) is 0 Å². The predicted molar refractivity (Wildman–Crippen MR) is 85.1 cm³/mol. The van der Waals surface area contributed by atoms with Crippen molar-refractivity contribution in [3.05, 3.63) is 69.3 Å². The summed E-state index contributed by atoms with van der Waals surface area (Å²) in [5, 5.41) is 3.25. The Morgan fingerprint density at radius 1 is 1.20 bits per heavy atom. The Labute approximate surface area is 128 Å². The van der Waals surface area contributed by atoms with Crippen LogP contribution in [0.1, 0.15) is 17.2 Å². The summed E-state index contributed by atoms with van der Waals surface area (Å²) in [7, 11) is 0. The number of hydrogen-bond acceptors (Lipinski definition) is 3. The van der Waals surface area contributed by atoms with Gasteiger partial charge >= 0.3 is 0 Å². The first kappa shape index (κ1) is 13.7. The molecule has 0 radical (unpaired) electrons. The Balaban J connectivity index is 2.13. The monoisotopic (exact) mass is 350 g/mol. The first-order valence-corrected chi connectivity index (χ1v) is 7.75. The van der Waals surface area contributed by atoms with Crippen LogP contribution in [0, 0.1) is 5.82 Å². The number of hydrazine groups is 1. The number of hydrogen-bond donors (Lipinski definition) is 2. The molecule has 3 rings (SSSR count). The van der Waals surface area contributed by atoms with Gasteiger partial charge in [-0.3, -0.25) is 5.84 Å². The molecule has 0 saturated carbocycles. The van der Waals surface area contributed by atoms with Gasteiger partial charge in [0.05, 0.1) is 10.5 Å². The molecule has 0 amide bonds. The molecule has 3 aromatic rings. The zero-order valence-corrected chi connectivity index (χ0v) is 12.8. The normalized spacial score (nSPS) is 12.8. The first-order valence-electron chi connectivity index (χ1n) is 6.08. The lowest BCUT2D eigenvalue weighted by atomic mass is 9.98. The largest absolute Gasteiger partial charge is 0.271 e. The van der Waals surface area contributed by atoms with Crippen LogP contribution >= 0.6 is 27.3 Å². The lowest BCUT2D eigenvalue weighted by Gasteiger charge is -2.18. The van der Waals surface area contributed by atoms with E-state index in [1.165, 1.54) is 16.2 Å². The van der Waals surface area contributed by atoms with E-state index in [0.29, 0.717) is 4.47 Å². The molecule has 2 aromatic carbocycles. The molecule has 1 unspecified atom stereocenters. The van der Waals surface area contributed by atoms with Crippen LogP contribution in [0.15, 0.2) is 52.3 Å². The quantitative estimate of drug-likeness (QED) is 0.544. The molecule has 1 aromatic heterocycles. The summed E-state index contributed by atoms with van der Waals surface area (Å²) < 4.78 is 15.0. The van der Waals surface area contributed by atoms with Crippen LogP contribution in [0.3, 0.4) is 0 Å². The van der Waals surface area contributed by atoms with Gasteiger partial charge in [-0.1, -0.05) is 24.3 Å². The second kappa shape index (κ2) is 5.61. The topological polar surface area (TPSA) is 38.0 Å². The molecule has 0 aliphatic carbocycles. The minimum atomic E-state index is -0.279. The molecule has 102 valence electrons. The fraction of sp³-hybridized carbons (Fsp3) is 0.0667. The maximum Gasteiger partial charge on any atom is 0.137 e. The molecular formula is C15H12BrFN2S. The van der Waals surface area contributed by atoms with Gasteiger partial charge in [-0.05, 0) is 56.0 Å². The number of nitrogens with two attached hydrogens (primary N) is 1. The highest BCUT2D eigenvalue weighted by molar-refractivity contribution is 9.10. The Kier molecular flexibility index (Phi) is 3.85. The zero-order valence-electron chi connectivity index (χ0n) is 10.4. The smallest absolute Gasteiger partial charge is 0.137 e. The molecule has 20 heavy (non-hydrogen) atoms. The zero-order chi connectivity index (χ0) is 14.1. The van der Waals surface area contributed by atoms with Crippen molar-refractivity contribution in [2.24, 2.45) is 5.84 Å². The van der Waals surface area contributed by atoms with Crippen LogP contribution in [0.4, 0.5) is 4.39 Å². The minimum Gasteiger partial charge on any atom is -0.271 e. The van der Waals surface area contributed by atoms with Crippen molar-refractivity contribution in [3.63, 3.8) is 0 Å². The van der Waals surface area contributed by atoms with Crippen LogP contribution < -0.4 is 11.3 Å². The summed E-state index contributed by atoms with van der Waals surface area (Å²) in [4.78, 5) is 0. The van der Waals surface area contributed by atoms with E-state index >= 15 is 0 Å². The summed E-state index contributed by atoms with van der Waals surface area (Å²) in [6, 6.07) is 13.0. The van der Waals surface area contributed by atoms with E-state index in [0.717, 1.165) is 11.1 Å². The molecule has 1 heterocycles. The Bertz CT molecular complexity index is 756. The van der Waals surface area contributed by atoms with Crippen molar-refractivity contribution < 1.29 is 4.39 Å². The van der Waals surface area contributed by atoms with E-state index in [2.05, 4.69) is 38.9 Å². The van der Waals surface area contributed by atoms with E-state index in [4.69, 9.17) is 5.84 Å². The van der Waals surface area contributed by atoms with Gasteiger partial charge in [-0.2, -0.15) is 0 Å². The van der Waals surface area contributed by atoms with Crippen molar-refractivity contribution in [1.29, 1.82) is 0 Å². The van der Waals surface area contributed by atoms with Gasteiger partial charge in [0.25, 0.3) is 0 Å². The van der Waals surface area contributed by atoms with Crippen LogP contribution in [-0.2, 0) is 0 Å². The Morgan fingerprint density at radius 3 is 2.80 bits per heavy atom. The average molecular weight is 351 g/mol. The Hall–Kier alpha value is -1.27. The van der Waals surface area contributed by atoms with E-state index in [-0.39, 0.29) is 11.9 Å². The molecule has 5 heteroatoms. The van der Waals surface area contributed by atoms with Gasteiger partial charge < -0.3 is 0 Å². The van der Waals surface area contributed by atoms with Gasteiger partial charge in [0, 0.05) is 4.70 Å². The Morgan fingerprint density at radius 2 is 2.05 bits per heavy atom. The predicted octanol–water partition coefficient (Wildman–Crippen LogP) is 4.36. The molecule has 1 atom stereocenters. The fourth-order valence-electron chi connectivity index (χ4n) is 2.30. The van der Waals surface area contributed by atoms with Crippen molar-refractivity contribution in [3.8, 4) is 0 Å². The number of thiophene rings is 1. The van der Waals surface area contributed by atoms with Gasteiger partial charge in [-0.15, -0.1) is 11.3 Å². The van der Waals surface area contributed by atoms with Gasteiger partial charge in [0.1, 0.15) is 5.82 Å². The van der Waals surface area contributed by atoms with Crippen molar-refractivity contribution in [2.45, 2.75) is 6.04 Å². The number of nitrogens with one attached hydrogen (secondary N) is 1. The van der Waals surface area contributed by atoms with Crippen molar-refractivity contribution in [2.75, 3.05) is 0 Å². The standard InChI is InChI=1S/C15H12BrFN2S/c16-12-8-10(4-5-13(12)17)14(19-18)11-3-1-2-9-6-7-20-15(9)11/h1-8,14,19H,18H2. The lowest BCUT2D eigenvalue weighted by Crippen LogP contribution is -2.28. The highest BCUT2D eigenvalue weighted by atomic mass is 79.9. The molecule has 0 spiro atoms. The number of fused-ring (bicyclic) bond motifs is 1. The summed E-state index contributed by atoms with van der Waals surface area (Å²) >= 11 is 4.90. The third-order valence-corrected chi connectivity index (χ3v) is 4.85. The third kappa shape index (κ3) is 2.38. The number of benzene rings is 2. The van der Waals surface area contributed by atoms with Crippen molar-refractivity contribution in [1.82, 2.24) is 5.43 Å². The molecule has 0 bridgehead atoms. The third-order valence-electron chi connectivity index (χ3n) is 3.26. The van der Waals surface area contributed by atoms with Gasteiger partial charge in [0.15, 0.2) is 0 Å². The first-order chi connectivity index (χ1) is 9.70. The summed E-state index contributed by atoms with van der Waals surface area (Å²) in [6.45, 7) is 0. The molecule has 0 fully saturated rings. The summed E-state index contributed by atoms with van der Waals surface area (Å²) in [5.74, 6) is 5.45. The molecule has 2 nitrogen and oxygen atoms in total. The van der Waals surface area contributed by atoms with Gasteiger partial charge in [-0.25, -0.2) is 9.82 Å². The second-order valence-corrected chi connectivity index (χ2v) is 6.23. The minimum absolute atomic E-state index is 0.172. The molecular weight excluding hydrogens is 339 g/mol. The molecule has 0 aliphatic rings. The highest BCUT2D eigenvalue weighted by Crippen LogP contribution is 2.33. The van der Waals surface area contributed by atoms with Crippen LogP contribution in [-0.4, -0.2) is 0 Å². The average Bonchev–Trinajstić information content (AvgIpc) is 2.93. The maximum atomic E-state index is 13.4. The summed E-state index contributed by atoms with van der Waals surface area (Å²) in [5.41, 5.74) is 4.84. The summed E-state index contributed by atoms with van der Waals surface area (Å²) in [6.07, 6.45) is 0. The second-order valence-electron chi connectivity index (χ2n) is 4.46. The maximum absolute atomic E-state index is 13.4. The van der Waals surface area contributed by atoms with E-state index in [1.54, 1.807) is 23.5 Å². The highest BCUT2D eigenvalue weighted by Gasteiger charge is 2.17. The van der Waals surface area contributed by atoms with E-state index < -0.39 is 0 Å². The fourth-order valence-corrected chi connectivity index (χ4v) is 3.64. The molecule has 0 saturated heterocycles.